The number of hydrogen-bond donors (Lipinski definition) is 4. The van der Waals surface area contributed by atoms with Crippen molar-refractivity contribution in [2.24, 2.45) is 0 Å². The van der Waals surface area contributed by atoms with Crippen LogP contribution in [0.1, 0.15) is 20.7 Å². The van der Waals surface area contributed by atoms with Crippen molar-refractivity contribution in [2.45, 2.75) is 0 Å². The van der Waals surface area contributed by atoms with Crippen LogP contribution in [0.4, 0.5) is 0 Å². The van der Waals surface area contributed by atoms with Gasteiger partial charge >= 0.3 is 11.9 Å². The minimum atomic E-state index is -0.986. The Morgan fingerprint density at radius 3 is 1.55 bits per heavy atom. The summed E-state index contributed by atoms with van der Waals surface area (Å²) in [5, 5.41) is 35.1. The molecule has 2 aromatic rings. The zero-order chi connectivity index (χ0) is 16.9. The molecule has 0 aliphatic carbocycles. The summed E-state index contributed by atoms with van der Waals surface area (Å²) in [5.41, 5.74) is 0.374. The molecule has 0 aromatic heterocycles. The first kappa shape index (κ1) is 18.5. The van der Waals surface area contributed by atoms with Gasteiger partial charge in [-0.2, -0.15) is 0 Å². The second-order valence-corrected chi connectivity index (χ2v) is 6.27. The van der Waals surface area contributed by atoms with Gasteiger partial charge in [-0.1, -0.05) is 0 Å². The molecule has 0 heterocycles. The molecule has 0 unspecified atom stereocenters. The first-order valence-electron chi connectivity index (χ1n) is 5.66. The van der Waals surface area contributed by atoms with Gasteiger partial charge in [0, 0.05) is 0 Å². The maximum Gasteiger partial charge on any atom is 0.335 e. The molecule has 2 aromatic carbocycles. The summed E-state index contributed by atoms with van der Waals surface area (Å²) < 4.78 is 1.11. The van der Waals surface area contributed by atoms with Crippen LogP contribution in [0.5, 0.6) is 11.5 Å². The van der Waals surface area contributed by atoms with Crippen molar-refractivity contribution in [3.8, 4) is 11.5 Å². The minimum Gasteiger partial charge on any atom is -0.508 e. The van der Waals surface area contributed by atoms with Crippen molar-refractivity contribution in [1.82, 2.24) is 0 Å². The summed E-state index contributed by atoms with van der Waals surface area (Å²) in [4.78, 5) is 20.8. The van der Waals surface area contributed by atoms with E-state index in [1.807, 2.05) is 45.2 Å². The minimum absolute atomic E-state index is 0.0741. The number of aromatic hydroxyl groups is 2. The molecule has 0 radical (unpaired) electrons. The van der Waals surface area contributed by atoms with Gasteiger partial charge in [0.2, 0.25) is 0 Å². The zero-order valence-electron chi connectivity index (χ0n) is 10.8. The highest BCUT2D eigenvalue weighted by molar-refractivity contribution is 14.1. The number of carboxylic acid groups (broad SMARTS) is 2. The van der Waals surface area contributed by atoms with Gasteiger partial charge < -0.3 is 20.4 Å². The topological polar surface area (TPSA) is 115 Å². The normalized spacial score (nSPS) is 9.55. The second-order valence-electron chi connectivity index (χ2n) is 3.95. The van der Waals surface area contributed by atoms with Crippen molar-refractivity contribution in [3.05, 3.63) is 54.7 Å². The Labute approximate surface area is 152 Å². The number of phenolic OH excluding ortho intramolecular Hbond substituents is 2. The van der Waals surface area contributed by atoms with Crippen molar-refractivity contribution in [3.63, 3.8) is 0 Å². The molecule has 4 N–H and O–H groups in total. The molecule has 0 bridgehead atoms. The molecule has 6 nitrogen and oxygen atoms in total. The molecule has 0 saturated heterocycles. The number of halogens is 2. The fraction of sp³-hybridized carbons (Fsp3) is 0. The predicted octanol–water partition coefficient (Wildman–Crippen LogP) is 3.39. The molecule has 0 aliphatic rings. The van der Waals surface area contributed by atoms with Crippen molar-refractivity contribution in [1.29, 1.82) is 0 Å². The van der Waals surface area contributed by atoms with E-state index < -0.39 is 11.9 Å². The quantitative estimate of drug-likeness (QED) is 0.445. The van der Waals surface area contributed by atoms with E-state index in [-0.39, 0.29) is 22.6 Å². The smallest absolute Gasteiger partial charge is 0.335 e. The SMILES string of the molecule is O=C(O)c1cc(I)c(O)c(I)c1.O=C(O)c1ccc(O)cc1. The fourth-order valence-electron chi connectivity index (χ4n) is 1.29. The lowest BCUT2D eigenvalue weighted by Gasteiger charge is -2.01. The number of carbonyl (C=O) groups is 2. The summed E-state index contributed by atoms with van der Waals surface area (Å²) in [6.45, 7) is 0. The summed E-state index contributed by atoms with van der Waals surface area (Å²) >= 11 is 3.78. The lowest BCUT2D eigenvalue weighted by atomic mass is 10.2. The van der Waals surface area contributed by atoms with Crippen molar-refractivity contribution >= 4 is 57.1 Å². The van der Waals surface area contributed by atoms with E-state index in [4.69, 9.17) is 15.3 Å². The Balaban J connectivity index is 0.000000224. The maximum absolute atomic E-state index is 10.5. The number of rotatable bonds is 2. The van der Waals surface area contributed by atoms with Crippen LogP contribution >= 0.6 is 45.2 Å². The summed E-state index contributed by atoms with van der Waals surface area (Å²) in [6.07, 6.45) is 0. The standard InChI is InChI=1S/C7H4I2O3.C7H6O3/c8-4-1-3(7(11)12)2-5(9)6(4)10;8-6-3-1-5(2-4-6)7(9)10/h1-2,10H,(H,11,12);1-4,8H,(H,9,10). The lowest BCUT2D eigenvalue weighted by molar-refractivity contribution is 0.0686. The first-order valence-corrected chi connectivity index (χ1v) is 7.81. The number of hydrogen-bond acceptors (Lipinski definition) is 4. The number of aromatic carboxylic acids is 2. The van der Waals surface area contributed by atoms with Crippen LogP contribution in [-0.4, -0.2) is 32.4 Å². The third-order valence-corrected chi connectivity index (χ3v) is 4.02. The summed E-state index contributed by atoms with van der Waals surface area (Å²) in [5.74, 6) is -1.75. The van der Waals surface area contributed by atoms with Gasteiger partial charge in [0.25, 0.3) is 0 Å². The monoisotopic (exact) mass is 528 g/mol. The second kappa shape index (κ2) is 8.17. The maximum atomic E-state index is 10.5. The highest BCUT2D eigenvalue weighted by atomic mass is 127. The fourth-order valence-corrected chi connectivity index (χ4v) is 3.06. The Morgan fingerprint density at radius 2 is 1.18 bits per heavy atom. The molecule has 116 valence electrons. The summed E-state index contributed by atoms with van der Waals surface area (Å²) in [7, 11) is 0. The van der Waals surface area contributed by atoms with Crippen molar-refractivity contribution in [2.75, 3.05) is 0 Å². The number of benzene rings is 2. The molecule has 22 heavy (non-hydrogen) atoms. The highest BCUT2D eigenvalue weighted by Crippen LogP contribution is 2.27. The predicted molar refractivity (Wildman–Crippen MR) is 95.6 cm³/mol. The van der Waals surface area contributed by atoms with E-state index >= 15 is 0 Å². The first-order chi connectivity index (χ1) is 10.2. The molecule has 0 spiro atoms. The van der Waals surface area contributed by atoms with E-state index in [2.05, 4.69) is 0 Å². The van der Waals surface area contributed by atoms with Crippen LogP contribution in [0, 0.1) is 7.14 Å². The lowest BCUT2D eigenvalue weighted by Crippen LogP contribution is -1.97. The average Bonchev–Trinajstić information content (AvgIpc) is 2.45. The van der Waals surface area contributed by atoms with Gasteiger partial charge in [-0.25, -0.2) is 9.59 Å². The van der Waals surface area contributed by atoms with E-state index in [0.29, 0.717) is 7.14 Å². The van der Waals surface area contributed by atoms with E-state index in [9.17, 15) is 14.7 Å². The molecule has 0 aliphatic heterocycles. The van der Waals surface area contributed by atoms with Crippen LogP contribution in [0.2, 0.25) is 0 Å². The van der Waals surface area contributed by atoms with Crippen molar-refractivity contribution < 1.29 is 30.0 Å². The Hall–Kier alpha value is -1.56. The van der Waals surface area contributed by atoms with E-state index in [0.717, 1.165) is 0 Å². The molecular weight excluding hydrogens is 518 g/mol. The van der Waals surface area contributed by atoms with Crippen LogP contribution < -0.4 is 0 Å². The summed E-state index contributed by atoms with van der Waals surface area (Å²) in [6, 6.07) is 8.23. The molecule has 0 fully saturated rings. The number of phenols is 2. The molecule has 0 saturated carbocycles. The number of carboxylic acids is 2. The Bertz CT molecular complexity index is 674. The largest absolute Gasteiger partial charge is 0.508 e. The Kier molecular flexibility index (Phi) is 6.87. The Morgan fingerprint density at radius 1 is 0.773 bits per heavy atom. The average molecular weight is 528 g/mol. The van der Waals surface area contributed by atoms with Crippen LogP contribution in [0.15, 0.2) is 36.4 Å². The highest BCUT2D eigenvalue weighted by Gasteiger charge is 2.09. The van der Waals surface area contributed by atoms with Crippen LogP contribution in [-0.2, 0) is 0 Å². The van der Waals surface area contributed by atoms with Gasteiger partial charge in [-0.3, -0.25) is 0 Å². The van der Waals surface area contributed by atoms with Crippen LogP contribution in [0.3, 0.4) is 0 Å². The van der Waals surface area contributed by atoms with Gasteiger partial charge in [-0.05, 0) is 81.6 Å². The van der Waals surface area contributed by atoms with Gasteiger partial charge in [-0.15, -0.1) is 0 Å². The third kappa shape index (κ3) is 5.33. The molecule has 0 amide bonds. The third-order valence-electron chi connectivity index (χ3n) is 2.38. The van der Waals surface area contributed by atoms with Gasteiger partial charge in [0.05, 0.1) is 18.3 Å². The van der Waals surface area contributed by atoms with Gasteiger partial charge in [0.15, 0.2) is 0 Å². The van der Waals surface area contributed by atoms with E-state index in [1.54, 1.807) is 0 Å². The van der Waals surface area contributed by atoms with Crippen LogP contribution in [0.25, 0.3) is 0 Å². The molecule has 0 atom stereocenters. The zero-order valence-corrected chi connectivity index (χ0v) is 15.1. The van der Waals surface area contributed by atoms with Gasteiger partial charge in [0.1, 0.15) is 11.5 Å². The molecule has 8 heteroatoms. The van der Waals surface area contributed by atoms with E-state index in [1.165, 1.54) is 36.4 Å². The molecular formula is C14H10I2O6. The molecule has 2 rings (SSSR count).